The Balaban J connectivity index is 1.73. The first-order chi connectivity index (χ1) is 12.6. The maximum Gasteiger partial charge on any atom is 0.275 e. The van der Waals surface area contributed by atoms with Crippen LogP contribution in [-0.4, -0.2) is 39.8 Å². The number of para-hydroxylation sites is 2. The number of anilines is 1. The molecule has 3 rings (SSSR count). The zero-order chi connectivity index (χ0) is 18.5. The van der Waals surface area contributed by atoms with Crippen LogP contribution in [0.1, 0.15) is 34.7 Å². The first kappa shape index (κ1) is 17.5. The maximum atomic E-state index is 12.4. The van der Waals surface area contributed by atoms with Gasteiger partial charge in [0.05, 0.1) is 17.2 Å². The summed E-state index contributed by atoms with van der Waals surface area (Å²) in [7, 11) is 0. The standard InChI is InChI=1S/C20H20N4O2/c1-3-24(4-2)20(26)14-9-11-15(12-10-14)22-19(25)18-13-21-16-7-5-6-8-17(16)23-18/h5-13H,3-4H2,1-2H3,(H,22,25). The van der Waals surface area contributed by atoms with Gasteiger partial charge in [0.1, 0.15) is 5.69 Å². The van der Waals surface area contributed by atoms with Gasteiger partial charge in [-0.25, -0.2) is 4.98 Å². The number of amides is 2. The number of hydrogen-bond acceptors (Lipinski definition) is 4. The van der Waals surface area contributed by atoms with Crippen LogP contribution in [0, 0.1) is 0 Å². The number of fused-ring (bicyclic) bond motifs is 1. The third kappa shape index (κ3) is 3.69. The zero-order valence-corrected chi connectivity index (χ0v) is 14.8. The lowest BCUT2D eigenvalue weighted by Crippen LogP contribution is -2.30. The fourth-order valence-electron chi connectivity index (χ4n) is 2.65. The van der Waals surface area contributed by atoms with Crippen molar-refractivity contribution in [3.05, 3.63) is 66.0 Å². The number of carbonyl (C=O) groups is 2. The summed E-state index contributed by atoms with van der Waals surface area (Å²) in [5.41, 5.74) is 2.84. The van der Waals surface area contributed by atoms with Gasteiger partial charge in [-0.15, -0.1) is 0 Å². The second-order valence-electron chi connectivity index (χ2n) is 5.75. The van der Waals surface area contributed by atoms with E-state index in [2.05, 4.69) is 15.3 Å². The number of hydrogen-bond donors (Lipinski definition) is 1. The molecule has 0 radical (unpaired) electrons. The molecular formula is C20H20N4O2. The van der Waals surface area contributed by atoms with Gasteiger partial charge >= 0.3 is 0 Å². The first-order valence-electron chi connectivity index (χ1n) is 8.54. The Bertz CT molecular complexity index is 934. The second kappa shape index (κ2) is 7.74. The molecule has 26 heavy (non-hydrogen) atoms. The Kier molecular flexibility index (Phi) is 5.22. The molecule has 0 fully saturated rings. The Morgan fingerprint density at radius 2 is 1.62 bits per heavy atom. The zero-order valence-electron chi connectivity index (χ0n) is 14.8. The summed E-state index contributed by atoms with van der Waals surface area (Å²) in [5.74, 6) is -0.362. The lowest BCUT2D eigenvalue weighted by atomic mass is 10.1. The highest BCUT2D eigenvalue weighted by Crippen LogP contribution is 2.14. The summed E-state index contributed by atoms with van der Waals surface area (Å²) in [6, 6.07) is 14.2. The fourth-order valence-corrected chi connectivity index (χ4v) is 2.65. The molecule has 1 heterocycles. The molecule has 132 valence electrons. The summed E-state index contributed by atoms with van der Waals surface area (Å²) in [6.07, 6.45) is 1.45. The van der Waals surface area contributed by atoms with Gasteiger partial charge in [0.15, 0.2) is 0 Å². The highest BCUT2D eigenvalue weighted by molar-refractivity contribution is 6.04. The van der Waals surface area contributed by atoms with Crippen LogP contribution in [0.3, 0.4) is 0 Å². The average molecular weight is 348 g/mol. The van der Waals surface area contributed by atoms with Crippen LogP contribution >= 0.6 is 0 Å². The molecule has 0 aliphatic rings. The Hall–Kier alpha value is -3.28. The number of nitrogens with zero attached hydrogens (tertiary/aromatic N) is 3. The van der Waals surface area contributed by atoms with Gasteiger partial charge in [-0.05, 0) is 50.2 Å². The van der Waals surface area contributed by atoms with Gasteiger partial charge in [-0.2, -0.15) is 0 Å². The topological polar surface area (TPSA) is 75.2 Å². The maximum absolute atomic E-state index is 12.4. The van der Waals surface area contributed by atoms with E-state index in [0.29, 0.717) is 29.9 Å². The van der Waals surface area contributed by atoms with Gasteiger partial charge in [0.25, 0.3) is 11.8 Å². The molecular weight excluding hydrogens is 328 g/mol. The number of rotatable bonds is 5. The van der Waals surface area contributed by atoms with E-state index in [1.165, 1.54) is 6.20 Å². The molecule has 0 aliphatic heterocycles. The van der Waals surface area contributed by atoms with Crippen molar-refractivity contribution in [1.29, 1.82) is 0 Å². The molecule has 0 atom stereocenters. The monoisotopic (exact) mass is 348 g/mol. The molecule has 6 nitrogen and oxygen atoms in total. The van der Waals surface area contributed by atoms with Crippen LogP contribution in [-0.2, 0) is 0 Å². The van der Waals surface area contributed by atoms with Crippen molar-refractivity contribution in [3.8, 4) is 0 Å². The molecule has 0 spiro atoms. The minimum atomic E-state index is -0.342. The highest BCUT2D eigenvalue weighted by Gasteiger charge is 2.13. The summed E-state index contributed by atoms with van der Waals surface area (Å²) in [5, 5.41) is 2.78. The molecule has 3 aromatic rings. The SMILES string of the molecule is CCN(CC)C(=O)c1ccc(NC(=O)c2cnc3ccccc3n2)cc1. The summed E-state index contributed by atoms with van der Waals surface area (Å²) < 4.78 is 0. The van der Waals surface area contributed by atoms with Crippen LogP contribution < -0.4 is 5.32 Å². The molecule has 2 aromatic carbocycles. The normalized spacial score (nSPS) is 10.5. The fraction of sp³-hybridized carbons (Fsp3) is 0.200. The van der Waals surface area contributed by atoms with Crippen LogP contribution in [0.15, 0.2) is 54.7 Å². The van der Waals surface area contributed by atoms with Crippen molar-refractivity contribution in [2.45, 2.75) is 13.8 Å². The Morgan fingerprint density at radius 3 is 2.27 bits per heavy atom. The van der Waals surface area contributed by atoms with Gasteiger partial charge in [-0.1, -0.05) is 12.1 Å². The smallest absolute Gasteiger partial charge is 0.275 e. The molecule has 2 amide bonds. The van der Waals surface area contributed by atoms with Crippen LogP contribution in [0.5, 0.6) is 0 Å². The molecule has 1 aromatic heterocycles. The molecule has 1 N–H and O–H groups in total. The summed E-state index contributed by atoms with van der Waals surface area (Å²) in [4.78, 5) is 35.0. The quantitative estimate of drug-likeness (QED) is 0.767. The second-order valence-corrected chi connectivity index (χ2v) is 5.75. The van der Waals surface area contributed by atoms with Crippen molar-refractivity contribution < 1.29 is 9.59 Å². The molecule has 6 heteroatoms. The van der Waals surface area contributed by atoms with Crippen molar-refractivity contribution in [3.63, 3.8) is 0 Å². The summed E-state index contributed by atoms with van der Waals surface area (Å²) >= 11 is 0. The third-order valence-corrected chi connectivity index (χ3v) is 4.12. The number of aromatic nitrogens is 2. The largest absolute Gasteiger partial charge is 0.339 e. The minimum absolute atomic E-state index is 0.0201. The van der Waals surface area contributed by atoms with Crippen LogP contribution in [0.25, 0.3) is 11.0 Å². The molecule has 0 bridgehead atoms. The Morgan fingerprint density at radius 1 is 0.962 bits per heavy atom. The molecule has 0 saturated carbocycles. The molecule has 0 aliphatic carbocycles. The predicted octanol–water partition coefficient (Wildman–Crippen LogP) is 3.36. The van der Waals surface area contributed by atoms with E-state index in [0.717, 1.165) is 5.52 Å². The van der Waals surface area contributed by atoms with E-state index in [-0.39, 0.29) is 17.5 Å². The van der Waals surface area contributed by atoms with Crippen molar-refractivity contribution in [1.82, 2.24) is 14.9 Å². The Labute approximate surface area is 151 Å². The van der Waals surface area contributed by atoms with Crippen molar-refractivity contribution in [2.24, 2.45) is 0 Å². The van der Waals surface area contributed by atoms with E-state index in [1.807, 2.05) is 38.1 Å². The van der Waals surface area contributed by atoms with E-state index >= 15 is 0 Å². The predicted molar refractivity (Wildman–Crippen MR) is 101 cm³/mol. The van der Waals surface area contributed by atoms with Crippen LogP contribution in [0.4, 0.5) is 5.69 Å². The van der Waals surface area contributed by atoms with Gasteiger partial charge in [0.2, 0.25) is 0 Å². The first-order valence-corrected chi connectivity index (χ1v) is 8.54. The van der Waals surface area contributed by atoms with Crippen molar-refractivity contribution >= 4 is 28.5 Å². The van der Waals surface area contributed by atoms with Crippen molar-refractivity contribution in [2.75, 3.05) is 18.4 Å². The van der Waals surface area contributed by atoms with E-state index in [9.17, 15) is 9.59 Å². The average Bonchev–Trinajstić information content (AvgIpc) is 2.69. The highest BCUT2D eigenvalue weighted by atomic mass is 16.2. The lowest BCUT2D eigenvalue weighted by Gasteiger charge is -2.18. The van der Waals surface area contributed by atoms with E-state index < -0.39 is 0 Å². The van der Waals surface area contributed by atoms with E-state index in [1.54, 1.807) is 29.2 Å². The summed E-state index contributed by atoms with van der Waals surface area (Å²) in [6.45, 7) is 5.21. The van der Waals surface area contributed by atoms with Gasteiger partial charge in [0, 0.05) is 24.3 Å². The number of benzene rings is 2. The number of nitrogens with one attached hydrogen (secondary N) is 1. The molecule has 0 saturated heterocycles. The minimum Gasteiger partial charge on any atom is -0.339 e. The molecule has 0 unspecified atom stereocenters. The number of carbonyl (C=O) groups excluding carboxylic acids is 2. The van der Waals surface area contributed by atoms with E-state index in [4.69, 9.17) is 0 Å². The third-order valence-electron chi connectivity index (χ3n) is 4.12. The van der Waals surface area contributed by atoms with Gasteiger partial charge in [-0.3, -0.25) is 14.6 Å². The van der Waals surface area contributed by atoms with Gasteiger partial charge < -0.3 is 10.2 Å². The lowest BCUT2D eigenvalue weighted by molar-refractivity contribution is 0.0773. The van der Waals surface area contributed by atoms with Crippen LogP contribution in [0.2, 0.25) is 0 Å².